The molecule has 0 bridgehead atoms. The predicted octanol–water partition coefficient (Wildman–Crippen LogP) is 1.68. The average molecular weight is 229 g/mol. The Labute approximate surface area is 95.2 Å². The van der Waals surface area contributed by atoms with Crippen LogP contribution in [-0.4, -0.2) is 46.1 Å². The molecule has 0 saturated carbocycles. The minimum Gasteiger partial charge on any atom is -0.480 e. The average Bonchev–Trinajstić information content (AvgIpc) is 2.66. The molecular weight excluding hydrogens is 210 g/mol. The minimum atomic E-state index is -0.600. The van der Waals surface area contributed by atoms with E-state index in [-0.39, 0.29) is 0 Å². The van der Waals surface area contributed by atoms with E-state index in [0.717, 1.165) is 43.9 Å². The lowest BCUT2D eigenvalue weighted by Gasteiger charge is -2.40. The zero-order valence-corrected chi connectivity index (χ0v) is 10.1. The minimum absolute atomic E-state index is 0.532. The number of carbonyl (C=O) groups is 1. The van der Waals surface area contributed by atoms with Gasteiger partial charge in [-0.2, -0.15) is 11.8 Å². The van der Waals surface area contributed by atoms with Crippen molar-refractivity contribution < 1.29 is 9.90 Å². The van der Waals surface area contributed by atoms with Crippen LogP contribution in [0.2, 0.25) is 0 Å². The molecule has 15 heavy (non-hydrogen) atoms. The summed E-state index contributed by atoms with van der Waals surface area (Å²) in [6, 6.07) is 0. The molecule has 0 aromatic rings. The van der Waals surface area contributed by atoms with E-state index in [2.05, 4.69) is 11.8 Å². The van der Waals surface area contributed by atoms with Gasteiger partial charge in [0.05, 0.1) is 0 Å². The number of carboxylic acid groups (broad SMARTS) is 1. The first-order valence-electron chi connectivity index (χ1n) is 5.71. The van der Waals surface area contributed by atoms with Crippen LogP contribution < -0.4 is 0 Å². The van der Waals surface area contributed by atoms with E-state index in [1.165, 1.54) is 0 Å². The molecule has 2 aliphatic heterocycles. The zero-order chi connectivity index (χ0) is 10.9. The van der Waals surface area contributed by atoms with E-state index in [9.17, 15) is 9.90 Å². The van der Waals surface area contributed by atoms with Gasteiger partial charge in [0.25, 0.3) is 0 Å². The van der Waals surface area contributed by atoms with Crippen molar-refractivity contribution in [1.82, 2.24) is 4.90 Å². The molecule has 1 unspecified atom stereocenters. The fourth-order valence-electron chi connectivity index (χ4n) is 2.70. The van der Waals surface area contributed by atoms with E-state index < -0.39 is 11.5 Å². The maximum atomic E-state index is 11.5. The monoisotopic (exact) mass is 229 g/mol. The first-order chi connectivity index (χ1) is 7.15. The Morgan fingerprint density at radius 1 is 1.47 bits per heavy atom. The molecule has 0 spiro atoms. The first kappa shape index (κ1) is 11.3. The lowest BCUT2D eigenvalue weighted by molar-refractivity contribution is -0.151. The van der Waals surface area contributed by atoms with Gasteiger partial charge >= 0.3 is 5.97 Å². The summed E-state index contributed by atoms with van der Waals surface area (Å²) in [7, 11) is 0. The van der Waals surface area contributed by atoms with Crippen LogP contribution in [-0.2, 0) is 4.79 Å². The molecule has 0 amide bonds. The maximum Gasteiger partial charge on any atom is 0.324 e. The van der Waals surface area contributed by atoms with E-state index >= 15 is 0 Å². The second kappa shape index (κ2) is 4.34. The molecule has 0 aliphatic carbocycles. The summed E-state index contributed by atoms with van der Waals surface area (Å²) < 4.78 is 0. The first-order valence-corrected chi connectivity index (χ1v) is 6.87. The van der Waals surface area contributed by atoms with Crippen LogP contribution in [0.15, 0.2) is 0 Å². The summed E-state index contributed by atoms with van der Waals surface area (Å²) in [4.78, 5) is 13.7. The molecule has 0 aromatic heterocycles. The number of hydrogen-bond donors (Lipinski definition) is 1. The molecule has 2 rings (SSSR count). The molecule has 0 radical (unpaired) electrons. The number of aliphatic carboxylic acids is 1. The van der Waals surface area contributed by atoms with E-state index in [0.29, 0.717) is 5.92 Å². The second-order valence-electron chi connectivity index (χ2n) is 4.79. The number of hydrogen-bond acceptors (Lipinski definition) is 3. The molecule has 2 fully saturated rings. The highest BCUT2D eigenvalue weighted by molar-refractivity contribution is 7.99. The third-order valence-electron chi connectivity index (χ3n) is 3.75. The van der Waals surface area contributed by atoms with Crippen molar-refractivity contribution in [3.8, 4) is 0 Å². The molecular formula is C11H19NO2S. The van der Waals surface area contributed by atoms with Crippen molar-refractivity contribution >= 4 is 17.7 Å². The fourth-order valence-corrected chi connectivity index (χ4v) is 3.87. The van der Waals surface area contributed by atoms with Crippen LogP contribution in [0.1, 0.15) is 26.2 Å². The van der Waals surface area contributed by atoms with Crippen molar-refractivity contribution in [2.75, 3.05) is 24.6 Å². The Morgan fingerprint density at radius 3 is 2.60 bits per heavy atom. The van der Waals surface area contributed by atoms with Crippen LogP contribution in [0, 0.1) is 5.92 Å². The summed E-state index contributed by atoms with van der Waals surface area (Å²) >= 11 is 1.88. The molecule has 1 N–H and O–H groups in total. The van der Waals surface area contributed by atoms with E-state index in [4.69, 9.17) is 0 Å². The van der Waals surface area contributed by atoms with Gasteiger partial charge in [-0.3, -0.25) is 9.69 Å². The Morgan fingerprint density at radius 2 is 2.13 bits per heavy atom. The van der Waals surface area contributed by atoms with Gasteiger partial charge in [-0.05, 0) is 43.2 Å². The van der Waals surface area contributed by atoms with Crippen molar-refractivity contribution in [3.05, 3.63) is 0 Å². The predicted molar refractivity (Wildman–Crippen MR) is 62.3 cm³/mol. The number of thioether (sulfide) groups is 1. The highest BCUT2D eigenvalue weighted by Crippen LogP contribution is 2.36. The third-order valence-corrected chi connectivity index (χ3v) is 4.73. The van der Waals surface area contributed by atoms with E-state index in [1.807, 2.05) is 11.8 Å². The Bertz CT molecular complexity index is 251. The van der Waals surface area contributed by atoms with Gasteiger partial charge in [-0.25, -0.2) is 0 Å². The van der Waals surface area contributed by atoms with Crippen LogP contribution >= 0.6 is 11.8 Å². The molecule has 0 aromatic carbocycles. The van der Waals surface area contributed by atoms with Crippen molar-refractivity contribution in [3.63, 3.8) is 0 Å². The summed E-state index contributed by atoms with van der Waals surface area (Å²) in [5, 5.41) is 9.48. The van der Waals surface area contributed by atoms with Gasteiger partial charge in [-0.1, -0.05) is 6.92 Å². The van der Waals surface area contributed by atoms with Crippen molar-refractivity contribution in [2.24, 2.45) is 5.92 Å². The Hall–Kier alpha value is -0.220. The number of carboxylic acids is 1. The van der Waals surface area contributed by atoms with Crippen LogP contribution in [0.4, 0.5) is 0 Å². The number of nitrogens with zero attached hydrogens (tertiary/aromatic N) is 1. The Balaban J connectivity index is 2.14. The van der Waals surface area contributed by atoms with Gasteiger partial charge < -0.3 is 5.11 Å². The second-order valence-corrected chi connectivity index (χ2v) is 6.01. The summed E-state index contributed by atoms with van der Waals surface area (Å²) in [6.07, 6.45) is 2.79. The zero-order valence-electron chi connectivity index (χ0n) is 9.24. The molecule has 2 aliphatic rings. The van der Waals surface area contributed by atoms with Crippen LogP contribution in [0.25, 0.3) is 0 Å². The van der Waals surface area contributed by atoms with Gasteiger partial charge in [-0.15, -0.1) is 0 Å². The molecule has 2 heterocycles. The molecule has 2 saturated heterocycles. The lowest BCUT2D eigenvalue weighted by atomic mass is 9.90. The quantitative estimate of drug-likeness (QED) is 0.782. The largest absolute Gasteiger partial charge is 0.480 e. The highest BCUT2D eigenvalue weighted by atomic mass is 32.2. The number of rotatable bonds is 2. The summed E-state index contributed by atoms with van der Waals surface area (Å²) in [6.45, 7) is 4.15. The molecule has 4 heteroatoms. The lowest BCUT2D eigenvalue weighted by Crippen LogP contribution is -2.55. The van der Waals surface area contributed by atoms with E-state index in [1.54, 1.807) is 0 Å². The van der Waals surface area contributed by atoms with Crippen molar-refractivity contribution in [1.29, 1.82) is 0 Å². The van der Waals surface area contributed by atoms with Gasteiger partial charge in [0.15, 0.2) is 0 Å². The van der Waals surface area contributed by atoms with Crippen molar-refractivity contribution in [2.45, 2.75) is 31.7 Å². The molecule has 1 atom stereocenters. The maximum absolute atomic E-state index is 11.5. The highest BCUT2D eigenvalue weighted by Gasteiger charge is 2.46. The molecule has 86 valence electrons. The van der Waals surface area contributed by atoms with Gasteiger partial charge in [0, 0.05) is 6.54 Å². The van der Waals surface area contributed by atoms with Gasteiger partial charge in [0.1, 0.15) is 5.54 Å². The smallest absolute Gasteiger partial charge is 0.324 e. The van der Waals surface area contributed by atoms with Crippen LogP contribution in [0.5, 0.6) is 0 Å². The number of likely N-dealkylation sites (tertiary alicyclic amines) is 1. The summed E-state index contributed by atoms with van der Waals surface area (Å²) in [5.74, 6) is 2.06. The van der Waals surface area contributed by atoms with Crippen LogP contribution in [0.3, 0.4) is 0 Å². The third kappa shape index (κ3) is 2.02. The Kier molecular flexibility index (Phi) is 3.26. The summed E-state index contributed by atoms with van der Waals surface area (Å²) in [5.41, 5.74) is -0.532. The SMILES string of the molecule is CC1CCN(C2(C(=O)O)CCSCC2)C1. The fraction of sp³-hybridized carbons (Fsp3) is 0.909. The normalized spacial score (nSPS) is 31.7. The van der Waals surface area contributed by atoms with Gasteiger partial charge in [0.2, 0.25) is 0 Å². The molecule has 3 nitrogen and oxygen atoms in total. The standard InChI is InChI=1S/C11H19NO2S/c1-9-2-5-12(8-9)11(10(13)14)3-6-15-7-4-11/h9H,2-8H2,1H3,(H,13,14). The topological polar surface area (TPSA) is 40.5 Å².